The third kappa shape index (κ3) is 2.73. The smallest absolute Gasteiger partial charge is 0.175 e. The molecule has 4 nitrogen and oxygen atoms in total. The van der Waals surface area contributed by atoms with Gasteiger partial charge in [-0.25, -0.2) is 0 Å². The molecule has 1 heterocycles. The van der Waals surface area contributed by atoms with Crippen LogP contribution in [0.25, 0.3) is 0 Å². The van der Waals surface area contributed by atoms with Gasteiger partial charge in [0.1, 0.15) is 12.5 Å². The second-order valence-corrected chi connectivity index (χ2v) is 5.27. The van der Waals surface area contributed by atoms with Crippen LogP contribution in [0, 0.1) is 0 Å². The lowest BCUT2D eigenvalue weighted by molar-refractivity contribution is 0.169. The first-order valence-electron chi connectivity index (χ1n) is 5.83. The molecule has 2 rings (SSSR count). The van der Waals surface area contributed by atoms with E-state index in [0.717, 1.165) is 11.4 Å². The third-order valence-corrected chi connectivity index (χ3v) is 3.29. The Kier molecular flexibility index (Phi) is 3.73. The van der Waals surface area contributed by atoms with Crippen LogP contribution in [0.3, 0.4) is 0 Å². The zero-order valence-corrected chi connectivity index (χ0v) is 11.7. The van der Waals surface area contributed by atoms with Gasteiger partial charge in [-0.1, -0.05) is 6.07 Å². The number of ether oxygens (including phenoxy) is 2. The number of thiocarbonyl (C=S) groups is 1. The molecule has 1 saturated heterocycles. The Morgan fingerprint density at radius 1 is 1.50 bits per heavy atom. The van der Waals surface area contributed by atoms with Crippen LogP contribution in [-0.4, -0.2) is 36.0 Å². The summed E-state index contributed by atoms with van der Waals surface area (Å²) in [6, 6.07) is 7.70. The molecule has 1 aliphatic rings. The Bertz CT molecular complexity index is 448. The number of benzene rings is 1. The number of hydrogen-bond donors (Lipinski definition) is 1. The van der Waals surface area contributed by atoms with E-state index in [0.29, 0.717) is 18.5 Å². The van der Waals surface area contributed by atoms with Crippen LogP contribution in [0.15, 0.2) is 24.3 Å². The summed E-state index contributed by atoms with van der Waals surface area (Å²) in [6.07, 6.45) is 0. The van der Waals surface area contributed by atoms with Crippen LogP contribution in [-0.2, 0) is 4.74 Å². The van der Waals surface area contributed by atoms with Crippen molar-refractivity contribution in [3.05, 3.63) is 24.3 Å². The van der Waals surface area contributed by atoms with Crippen LogP contribution in [0.5, 0.6) is 5.75 Å². The van der Waals surface area contributed by atoms with Crippen molar-refractivity contribution in [3.63, 3.8) is 0 Å². The van der Waals surface area contributed by atoms with E-state index >= 15 is 0 Å². The standard InChI is InChI=1S/C13H18N2O2S/c1-13(2)8-17-9-15(13)12(18)14-10-5-4-6-11(7-10)16-3/h4-7H,8-9H2,1-3H3,(H,14,18). The highest BCUT2D eigenvalue weighted by atomic mass is 32.1. The van der Waals surface area contributed by atoms with Crippen molar-refractivity contribution in [2.45, 2.75) is 19.4 Å². The molecule has 1 N–H and O–H groups in total. The molecule has 0 aliphatic carbocycles. The molecular formula is C13H18N2O2S. The molecule has 0 aromatic heterocycles. The Balaban J connectivity index is 2.07. The summed E-state index contributed by atoms with van der Waals surface area (Å²) >= 11 is 5.42. The fraction of sp³-hybridized carbons (Fsp3) is 0.462. The van der Waals surface area contributed by atoms with E-state index in [2.05, 4.69) is 19.2 Å². The summed E-state index contributed by atoms with van der Waals surface area (Å²) in [4.78, 5) is 2.04. The van der Waals surface area contributed by atoms with Gasteiger partial charge in [-0.2, -0.15) is 0 Å². The Morgan fingerprint density at radius 2 is 2.28 bits per heavy atom. The highest BCUT2D eigenvalue weighted by Crippen LogP contribution is 2.23. The first-order chi connectivity index (χ1) is 8.53. The summed E-state index contributed by atoms with van der Waals surface area (Å²) in [5.41, 5.74) is 0.852. The largest absolute Gasteiger partial charge is 0.497 e. The second kappa shape index (κ2) is 5.12. The Labute approximate surface area is 113 Å². The Hall–Kier alpha value is -1.33. The summed E-state index contributed by atoms with van der Waals surface area (Å²) in [6.45, 7) is 5.44. The molecule has 1 aromatic carbocycles. The molecule has 0 unspecified atom stereocenters. The molecule has 0 radical (unpaired) electrons. The number of nitrogens with zero attached hydrogens (tertiary/aromatic N) is 1. The lowest BCUT2D eigenvalue weighted by atomic mass is 10.1. The van der Waals surface area contributed by atoms with E-state index in [1.807, 2.05) is 29.2 Å². The predicted molar refractivity (Wildman–Crippen MR) is 76.0 cm³/mol. The maximum absolute atomic E-state index is 5.45. The quantitative estimate of drug-likeness (QED) is 0.832. The van der Waals surface area contributed by atoms with Gasteiger partial charge in [0.2, 0.25) is 0 Å². The van der Waals surface area contributed by atoms with Gasteiger partial charge in [0.05, 0.1) is 19.3 Å². The van der Waals surface area contributed by atoms with Crippen molar-refractivity contribution >= 4 is 23.0 Å². The minimum Gasteiger partial charge on any atom is -0.497 e. The van der Waals surface area contributed by atoms with Gasteiger partial charge in [0.15, 0.2) is 5.11 Å². The predicted octanol–water partition coefficient (Wildman–Crippen LogP) is 2.46. The summed E-state index contributed by atoms with van der Waals surface area (Å²) < 4.78 is 10.6. The van der Waals surface area contributed by atoms with Gasteiger partial charge >= 0.3 is 0 Å². The van der Waals surface area contributed by atoms with Crippen molar-refractivity contribution in [1.82, 2.24) is 4.90 Å². The topological polar surface area (TPSA) is 33.7 Å². The fourth-order valence-corrected chi connectivity index (χ4v) is 2.28. The van der Waals surface area contributed by atoms with E-state index in [-0.39, 0.29) is 5.54 Å². The van der Waals surface area contributed by atoms with Crippen LogP contribution in [0.4, 0.5) is 5.69 Å². The fourth-order valence-electron chi connectivity index (χ4n) is 1.86. The van der Waals surface area contributed by atoms with E-state index in [4.69, 9.17) is 21.7 Å². The third-order valence-electron chi connectivity index (χ3n) is 2.97. The molecule has 98 valence electrons. The number of methoxy groups -OCH3 is 1. The van der Waals surface area contributed by atoms with Crippen LogP contribution in [0.1, 0.15) is 13.8 Å². The number of hydrogen-bond acceptors (Lipinski definition) is 3. The average Bonchev–Trinajstić information content (AvgIpc) is 2.69. The number of rotatable bonds is 2. The van der Waals surface area contributed by atoms with Gasteiger partial charge in [-0.15, -0.1) is 0 Å². The monoisotopic (exact) mass is 266 g/mol. The minimum atomic E-state index is -0.0665. The molecule has 1 aliphatic heterocycles. The minimum absolute atomic E-state index is 0.0665. The van der Waals surface area contributed by atoms with Crippen molar-refractivity contribution in [3.8, 4) is 5.75 Å². The van der Waals surface area contributed by atoms with Gasteiger partial charge in [0.25, 0.3) is 0 Å². The molecule has 1 aromatic rings. The van der Waals surface area contributed by atoms with Crippen LogP contribution >= 0.6 is 12.2 Å². The SMILES string of the molecule is COc1cccc(NC(=S)N2COCC2(C)C)c1. The summed E-state index contributed by atoms with van der Waals surface area (Å²) in [5.74, 6) is 0.805. The molecule has 0 atom stereocenters. The van der Waals surface area contributed by atoms with Gasteiger partial charge in [-0.05, 0) is 38.2 Å². The maximum Gasteiger partial charge on any atom is 0.175 e. The molecule has 5 heteroatoms. The van der Waals surface area contributed by atoms with E-state index in [1.54, 1.807) is 7.11 Å². The van der Waals surface area contributed by atoms with Crippen molar-refractivity contribution in [2.75, 3.05) is 25.8 Å². The van der Waals surface area contributed by atoms with E-state index < -0.39 is 0 Å². The Morgan fingerprint density at radius 3 is 2.89 bits per heavy atom. The van der Waals surface area contributed by atoms with Gasteiger partial charge < -0.3 is 19.7 Å². The number of anilines is 1. The van der Waals surface area contributed by atoms with Crippen LogP contribution in [0.2, 0.25) is 0 Å². The van der Waals surface area contributed by atoms with Crippen molar-refractivity contribution in [2.24, 2.45) is 0 Å². The lowest BCUT2D eigenvalue weighted by Gasteiger charge is -2.31. The lowest BCUT2D eigenvalue weighted by Crippen LogP contribution is -2.46. The first kappa shape index (κ1) is 13.1. The molecule has 0 amide bonds. The van der Waals surface area contributed by atoms with E-state index in [1.165, 1.54) is 0 Å². The highest BCUT2D eigenvalue weighted by molar-refractivity contribution is 7.80. The molecular weight excluding hydrogens is 248 g/mol. The van der Waals surface area contributed by atoms with Crippen molar-refractivity contribution < 1.29 is 9.47 Å². The normalized spacial score (nSPS) is 17.6. The molecule has 1 fully saturated rings. The zero-order chi connectivity index (χ0) is 13.2. The van der Waals surface area contributed by atoms with Gasteiger partial charge in [0, 0.05) is 11.8 Å². The first-order valence-corrected chi connectivity index (χ1v) is 6.24. The number of nitrogens with one attached hydrogen (secondary N) is 1. The molecule has 18 heavy (non-hydrogen) atoms. The molecule has 0 bridgehead atoms. The summed E-state index contributed by atoms with van der Waals surface area (Å²) in [7, 11) is 1.65. The van der Waals surface area contributed by atoms with Gasteiger partial charge in [-0.3, -0.25) is 0 Å². The summed E-state index contributed by atoms with van der Waals surface area (Å²) in [5, 5.41) is 3.88. The highest BCUT2D eigenvalue weighted by Gasteiger charge is 2.34. The zero-order valence-electron chi connectivity index (χ0n) is 10.9. The maximum atomic E-state index is 5.45. The molecule has 0 spiro atoms. The molecule has 0 saturated carbocycles. The van der Waals surface area contributed by atoms with E-state index in [9.17, 15) is 0 Å². The van der Waals surface area contributed by atoms with Crippen molar-refractivity contribution in [1.29, 1.82) is 0 Å². The average molecular weight is 266 g/mol. The van der Waals surface area contributed by atoms with Crippen LogP contribution < -0.4 is 10.1 Å². The second-order valence-electron chi connectivity index (χ2n) is 4.88.